The van der Waals surface area contributed by atoms with Crippen LogP contribution in [0.4, 0.5) is 5.13 Å². The van der Waals surface area contributed by atoms with E-state index in [-0.39, 0.29) is 0 Å². The van der Waals surface area contributed by atoms with Crippen molar-refractivity contribution < 1.29 is 0 Å². The monoisotopic (exact) mass is 318 g/mol. The lowest BCUT2D eigenvalue weighted by atomic mass is 10.1. The summed E-state index contributed by atoms with van der Waals surface area (Å²) in [7, 11) is 0. The van der Waals surface area contributed by atoms with Crippen LogP contribution in [0.25, 0.3) is 11.3 Å². The molecule has 0 radical (unpaired) electrons. The highest BCUT2D eigenvalue weighted by molar-refractivity contribution is 7.16. The van der Waals surface area contributed by atoms with Crippen molar-refractivity contribution in [3.63, 3.8) is 0 Å². The van der Waals surface area contributed by atoms with E-state index < -0.39 is 0 Å². The molecule has 0 spiro atoms. The van der Waals surface area contributed by atoms with E-state index in [4.69, 9.17) is 23.2 Å². The van der Waals surface area contributed by atoms with Gasteiger partial charge < -0.3 is 4.90 Å². The summed E-state index contributed by atoms with van der Waals surface area (Å²) in [4.78, 5) is 7.05. The van der Waals surface area contributed by atoms with Crippen LogP contribution in [0.1, 0.15) is 19.3 Å². The van der Waals surface area contributed by atoms with Crippen LogP contribution in [0.2, 0.25) is 9.36 Å². The summed E-state index contributed by atoms with van der Waals surface area (Å²) in [5, 5.41) is 5.76. The van der Waals surface area contributed by atoms with Crippen molar-refractivity contribution in [1.29, 1.82) is 0 Å². The van der Waals surface area contributed by atoms with Gasteiger partial charge in [-0.3, -0.25) is 0 Å². The summed E-state index contributed by atoms with van der Waals surface area (Å²) in [6, 6.07) is 0. The molecule has 1 saturated heterocycles. The summed E-state index contributed by atoms with van der Waals surface area (Å²) in [5.74, 6) is 0. The molecule has 2 nitrogen and oxygen atoms in total. The Kier molecular flexibility index (Phi) is 3.80. The Morgan fingerprint density at radius 2 is 1.83 bits per heavy atom. The second-order valence-corrected chi connectivity index (χ2v) is 7.00. The van der Waals surface area contributed by atoms with Crippen LogP contribution >= 0.6 is 45.9 Å². The zero-order chi connectivity index (χ0) is 12.5. The van der Waals surface area contributed by atoms with Crippen molar-refractivity contribution in [3.8, 4) is 11.3 Å². The maximum atomic E-state index is 6.17. The Morgan fingerprint density at radius 1 is 1.06 bits per heavy atom. The van der Waals surface area contributed by atoms with Crippen LogP contribution in [-0.2, 0) is 0 Å². The van der Waals surface area contributed by atoms with Crippen LogP contribution in [0.5, 0.6) is 0 Å². The van der Waals surface area contributed by atoms with Crippen molar-refractivity contribution in [3.05, 3.63) is 20.1 Å². The first kappa shape index (κ1) is 12.7. The number of nitrogens with zero attached hydrogens (tertiary/aromatic N) is 2. The zero-order valence-electron chi connectivity index (χ0n) is 9.66. The van der Waals surface area contributed by atoms with Crippen LogP contribution in [-0.4, -0.2) is 18.1 Å². The molecule has 1 aliphatic heterocycles. The van der Waals surface area contributed by atoms with Gasteiger partial charge in [0, 0.05) is 29.4 Å². The summed E-state index contributed by atoms with van der Waals surface area (Å²) < 4.78 is 0.638. The number of halogens is 2. The normalized spacial score (nSPS) is 16.2. The van der Waals surface area contributed by atoms with E-state index in [1.165, 1.54) is 30.6 Å². The average molecular weight is 319 g/mol. The number of hydrogen-bond donors (Lipinski definition) is 0. The van der Waals surface area contributed by atoms with Crippen LogP contribution < -0.4 is 4.90 Å². The lowest BCUT2D eigenvalue weighted by Gasteiger charge is -2.25. The Morgan fingerprint density at radius 3 is 2.50 bits per heavy atom. The van der Waals surface area contributed by atoms with Gasteiger partial charge >= 0.3 is 0 Å². The second kappa shape index (κ2) is 5.37. The van der Waals surface area contributed by atoms with Crippen LogP contribution in [0.3, 0.4) is 0 Å². The molecular weight excluding hydrogens is 307 g/mol. The molecule has 1 aliphatic rings. The van der Waals surface area contributed by atoms with Gasteiger partial charge in [-0.25, -0.2) is 4.98 Å². The third kappa shape index (κ3) is 2.39. The standard InChI is InChI=1S/C12H12Cl2N2S2/c13-10-8(6-17-11(10)14)9-7-18-12(15-9)16-4-2-1-3-5-16/h6-7H,1-5H2. The van der Waals surface area contributed by atoms with Gasteiger partial charge in [0.1, 0.15) is 4.34 Å². The Bertz CT molecular complexity index is 544. The van der Waals surface area contributed by atoms with E-state index in [2.05, 4.69) is 15.3 Å². The van der Waals surface area contributed by atoms with Gasteiger partial charge in [0.2, 0.25) is 0 Å². The predicted molar refractivity (Wildman–Crippen MR) is 81.5 cm³/mol. The molecule has 0 N–H and O–H groups in total. The fraction of sp³-hybridized carbons (Fsp3) is 0.417. The number of anilines is 1. The fourth-order valence-electron chi connectivity index (χ4n) is 2.11. The Balaban J connectivity index is 1.87. The Labute approximate surface area is 124 Å². The summed E-state index contributed by atoms with van der Waals surface area (Å²) >= 11 is 15.3. The lowest BCUT2D eigenvalue weighted by molar-refractivity contribution is 0.577. The SMILES string of the molecule is Clc1scc(-c2csc(N3CCCCC3)n2)c1Cl. The first-order valence-electron chi connectivity index (χ1n) is 5.89. The summed E-state index contributed by atoms with van der Waals surface area (Å²) in [6.45, 7) is 2.23. The quantitative estimate of drug-likeness (QED) is 0.759. The third-order valence-electron chi connectivity index (χ3n) is 3.08. The third-order valence-corrected chi connectivity index (χ3v) is 5.81. The van der Waals surface area contributed by atoms with E-state index in [1.54, 1.807) is 11.3 Å². The average Bonchev–Trinajstić information content (AvgIpc) is 3.00. The van der Waals surface area contributed by atoms with E-state index in [1.807, 2.05) is 5.38 Å². The number of rotatable bonds is 2. The molecule has 2 aromatic heterocycles. The number of aromatic nitrogens is 1. The highest BCUT2D eigenvalue weighted by Crippen LogP contribution is 2.40. The highest BCUT2D eigenvalue weighted by atomic mass is 35.5. The number of thiazole rings is 1. The van der Waals surface area contributed by atoms with E-state index in [0.29, 0.717) is 9.36 Å². The maximum Gasteiger partial charge on any atom is 0.185 e. The number of hydrogen-bond acceptors (Lipinski definition) is 4. The van der Waals surface area contributed by atoms with Gasteiger partial charge in [-0.2, -0.15) is 0 Å². The molecule has 0 unspecified atom stereocenters. The van der Waals surface area contributed by atoms with Crippen LogP contribution in [0.15, 0.2) is 10.8 Å². The minimum atomic E-state index is 0.622. The molecule has 3 heterocycles. The van der Waals surface area contributed by atoms with Gasteiger partial charge in [0.15, 0.2) is 5.13 Å². The molecule has 2 aromatic rings. The number of thiophene rings is 1. The topological polar surface area (TPSA) is 16.1 Å². The van der Waals surface area contributed by atoms with Gasteiger partial charge in [0.25, 0.3) is 0 Å². The first-order chi connectivity index (χ1) is 8.75. The van der Waals surface area contributed by atoms with Crippen molar-refractivity contribution in [1.82, 2.24) is 4.98 Å². The molecule has 3 rings (SSSR count). The predicted octanol–water partition coefficient (Wildman–Crippen LogP) is 5.17. The molecule has 1 fully saturated rings. The van der Waals surface area contributed by atoms with Crippen molar-refractivity contribution in [2.24, 2.45) is 0 Å². The van der Waals surface area contributed by atoms with Crippen molar-refractivity contribution in [2.75, 3.05) is 18.0 Å². The maximum absolute atomic E-state index is 6.17. The molecule has 0 atom stereocenters. The molecule has 96 valence electrons. The van der Waals surface area contributed by atoms with Crippen molar-refractivity contribution >= 4 is 51.0 Å². The van der Waals surface area contributed by atoms with Gasteiger partial charge in [-0.1, -0.05) is 23.2 Å². The van der Waals surface area contributed by atoms with Crippen molar-refractivity contribution in [2.45, 2.75) is 19.3 Å². The van der Waals surface area contributed by atoms with Crippen LogP contribution in [0, 0.1) is 0 Å². The molecule has 0 saturated carbocycles. The van der Waals surface area contributed by atoms with Gasteiger partial charge in [-0.05, 0) is 19.3 Å². The van der Waals surface area contributed by atoms with E-state index in [0.717, 1.165) is 29.5 Å². The molecular formula is C12H12Cl2N2S2. The molecule has 6 heteroatoms. The number of piperidine rings is 1. The molecule has 0 amide bonds. The lowest BCUT2D eigenvalue weighted by Crippen LogP contribution is -2.29. The van der Waals surface area contributed by atoms with Gasteiger partial charge in [-0.15, -0.1) is 22.7 Å². The minimum absolute atomic E-state index is 0.622. The summed E-state index contributed by atoms with van der Waals surface area (Å²) in [6.07, 6.45) is 3.86. The Hall–Kier alpha value is -0.290. The first-order valence-corrected chi connectivity index (χ1v) is 8.40. The smallest absolute Gasteiger partial charge is 0.185 e. The zero-order valence-corrected chi connectivity index (χ0v) is 12.8. The minimum Gasteiger partial charge on any atom is -0.348 e. The molecule has 18 heavy (non-hydrogen) atoms. The fourth-order valence-corrected chi connectivity index (χ4v) is 4.25. The van der Waals surface area contributed by atoms with E-state index >= 15 is 0 Å². The van der Waals surface area contributed by atoms with Gasteiger partial charge in [0.05, 0.1) is 10.7 Å². The molecule has 0 aliphatic carbocycles. The van der Waals surface area contributed by atoms with E-state index in [9.17, 15) is 0 Å². The highest BCUT2D eigenvalue weighted by Gasteiger charge is 2.17. The largest absolute Gasteiger partial charge is 0.348 e. The second-order valence-electron chi connectivity index (χ2n) is 4.30. The molecule has 0 aromatic carbocycles. The summed E-state index contributed by atoms with van der Waals surface area (Å²) in [5.41, 5.74) is 1.89. The molecule has 0 bridgehead atoms.